The standard InChI is InChI=1S/C27H42N2O5/c1-27(2,3)19-29(20-30)25(31)14-10-5-4-9-13-23(26(32)33)22-15-16-28-24(22)18-34-17-21-11-7-6-8-12-21/h6-8,11-12,20,22-24,28H,4-5,9-10,13-19H2,1-3H3,(H,32,33). The molecule has 2 amide bonds. The largest absolute Gasteiger partial charge is 0.481 e. The number of carbonyl (C=O) groups is 3. The summed E-state index contributed by atoms with van der Waals surface area (Å²) in [5.41, 5.74) is 0.988. The maximum Gasteiger partial charge on any atom is 0.306 e. The number of unbranched alkanes of at least 4 members (excludes halogenated alkanes) is 3. The number of nitrogens with one attached hydrogen (secondary N) is 1. The molecule has 0 radical (unpaired) electrons. The Kier molecular flexibility index (Phi) is 11.7. The molecule has 1 heterocycles. The van der Waals surface area contributed by atoms with Gasteiger partial charge >= 0.3 is 5.97 Å². The summed E-state index contributed by atoms with van der Waals surface area (Å²) in [5, 5.41) is 13.3. The van der Waals surface area contributed by atoms with Gasteiger partial charge in [-0.05, 0) is 42.7 Å². The third-order valence-corrected chi connectivity index (χ3v) is 6.39. The minimum absolute atomic E-state index is 0.0552. The van der Waals surface area contributed by atoms with Gasteiger partial charge in [-0.3, -0.25) is 19.3 Å². The van der Waals surface area contributed by atoms with Crippen molar-refractivity contribution >= 4 is 18.3 Å². The van der Waals surface area contributed by atoms with Gasteiger partial charge in [0.25, 0.3) is 0 Å². The van der Waals surface area contributed by atoms with Gasteiger partial charge in [0.1, 0.15) is 0 Å². The van der Waals surface area contributed by atoms with Crippen LogP contribution in [0.4, 0.5) is 0 Å². The van der Waals surface area contributed by atoms with E-state index >= 15 is 0 Å². The van der Waals surface area contributed by atoms with E-state index in [-0.39, 0.29) is 29.2 Å². The molecule has 34 heavy (non-hydrogen) atoms. The van der Waals surface area contributed by atoms with Gasteiger partial charge < -0.3 is 15.2 Å². The predicted octanol–water partition coefficient (Wildman–Crippen LogP) is 4.25. The van der Waals surface area contributed by atoms with Crippen molar-refractivity contribution in [3.63, 3.8) is 0 Å². The van der Waals surface area contributed by atoms with Crippen molar-refractivity contribution in [2.24, 2.45) is 17.3 Å². The van der Waals surface area contributed by atoms with E-state index in [1.165, 1.54) is 4.90 Å². The summed E-state index contributed by atoms with van der Waals surface area (Å²) in [7, 11) is 0. The van der Waals surface area contributed by atoms with Crippen molar-refractivity contribution in [3.05, 3.63) is 35.9 Å². The summed E-state index contributed by atoms with van der Waals surface area (Å²) in [5.74, 6) is -1.20. The summed E-state index contributed by atoms with van der Waals surface area (Å²) in [6.07, 6.45) is 5.73. The Morgan fingerprint density at radius 2 is 1.88 bits per heavy atom. The highest BCUT2D eigenvalue weighted by Gasteiger charge is 2.37. The second kappa shape index (κ2) is 14.2. The lowest BCUT2D eigenvalue weighted by molar-refractivity contribution is -0.144. The Bertz CT molecular complexity index is 762. The van der Waals surface area contributed by atoms with E-state index in [2.05, 4.69) is 5.32 Å². The van der Waals surface area contributed by atoms with Crippen molar-refractivity contribution in [1.82, 2.24) is 10.2 Å². The summed E-state index contributed by atoms with van der Waals surface area (Å²) >= 11 is 0. The lowest BCUT2D eigenvalue weighted by atomic mass is 9.83. The molecule has 1 aromatic rings. The number of ether oxygens (including phenoxy) is 1. The zero-order valence-corrected chi connectivity index (χ0v) is 21.0. The van der Waals surface area contributed by atoms with Crippen molar-refractivity contribution in [1.29, 1.82) is 0 Å². The number of nitrogens with zero attached hydrogens (tertiary/aromatic N) is 1. The number of carboxylic acid groups (broad SMARTS) is 1. The first-order valence-electron chi connectivity index (χ1n) is 12.5. The molecule has 1 saturated heterocycles. The molecule has 7 nitrogen and oxygen atoms in total. The van der Waals surface area contributed by atoms with Crippen molar-refractivity contribution < 1.29 is 24.2 Å². The Morgan fingerprint density at radius 1 is 1.18 bits per heavy atom. The average Bonchev–Trinajstić information content (AvgIpc) is 3.24. The maximum atomic E-state index is 12.3. The van der Waals surface area contributed by atoms with Gasteiger partial charge in [0.05, 0.1) is 19.1 Å². The molecule has 0 aromatic heterocycles. The zero-order valence-electron chi connectivity index (χ0n) is 21.0. The first-order chi connectivity index (χ1) is 16.2. The van der Waals surface area contributed by atoms with Crippen LogP contribution < -0.4 is 5.32 Å². The third-order valence-electron chi connectivity index (χ3n) is 6.39. The van der Waals surface area contributed by atoms with Gasteiger partial charge in [0, 0.05) is 19.0 Å². The predicted molar refractivity (Wildman–Crippen MR) is 132 cm³/mol. The lowest BCUT2D eigenvalue weighted by Gasteiger charge is -2.26. The molecule has 0 spiro atoms. The fraction of sp³-hybridized carbons (Fsp3) is 0.667. The number of amides is 2. The van der Waals surface area contributed by atoms with E-state index < -0.39 is 5.97 Å². The SMILES string of the molecule is CC(C)(C)CN(C=O)C(=O)CCCCCCC(C(=O)O)C1CCNC1COCc1ccccc1. The van der Waals surface area contributed by atoms with Gasteiger partial charge in [-0.25, -0.2) is 0 Å². The second-order valence-corrected chi connectivity index (χ2v) is 10.6. The molecule has 2 rings (SSSR count). The number of carboxylic acids is 1. The molecule has 3 atom stereocenters. The fourth-order valence-electron chi connectivity index (χ4n) is 4.68. The summed E-state index contributed by atoms with van der Waals surface area (Å²) in [6.45, 7) is 8.26. The second-order valence-electron chi connectivity index (χ2n) is 10.6. The van der Waals surface area contributed by atoms with Gasteiger partial charge in [-0.1, -0.05) is 70.4 Å². The van der Waals surface area contributed by atoms with Crippen LogP contribution in [0.15, 0.2) is 30.3 Å². The van der Waals surface area contributed by atoms with Gasteiger partial charge in [-0.2, -0.15) is 0 Å². The van der Waals surface area contributed by atoms with Crippen LogP contribution in [0.5, 0.6) is 0 Å². The van der Waals surface area contributed by atoms with E-state index in [1.54, 1.807) is 0 Å². The number of hydrogen-bond donors (Lipinski definition) is 2. The van der Waals surface area contributed by atoms with Crippen LogP contribution in [0, 0.1) is 17.3 Å². The summed E-state index contributed by atoms with van der Waals surface area (Å²) in [6, 6.07) is 10.0. The van der Waals surface area contributed by atoms with Gasteiger partial charge in [-0.15, -0.1) is 0 Å². The van der Waals surface area contributed by atoms with Crippen LogP contribution in [0.2, 0.25) is 0 Å². The van der Waals surface area contributed by atoms with Crippen LogP contribution in [0.1, 0.15) is 71.3 Å². The topological polar surface area (TPSA) is 95.9 Å². The molecule has 0 bridgehead atoms. The summed E-state index contributed by atoms with van der Waals surface area (Å²) in [4.78, 5) is 36.8. The minimum Gasteiger partial charge on any atom is -0.481 e. The molecular weight excluding hydrogens is 432 g/mol. The fourth-order valence-corrected chi connectivity index (χ4v) is 4.68. The Morgan fingerprint density at radius 3 is 2.53 bits per heavy atom. The Labute approximate surface area is 204 Å². The number of aliphatic carboxylic acids is 1. The van der Waals surface area contributed by atoms with E-state index in [0.717, 1.165) is 37.8 Å². The molecule has 0 saturated carbocycles. The van der Waals surface area contributed by atoms with Gasteiger partial charge in [0.2, 0.25) is 12.3 Å². The highest BCUT2D eigenvalue weighted by Crippen LogP contribution is 2.30. The first-order valence-corrected chi connectivity index (χ1v) is 12.5. The average molecular weight is 475 g/mol. The number of carbonyl (C=O) groups excluding carboxylic acids is 2. The molecule has 7 heteroatoms. The molecule has 1 aromatic carbocycles. The number of benzene rings is 1. The zero-order chi connectivity index (χ0) is 25.0. The van der Waals surface area contributed by atoms with Crippen LogP contribution >= 0.6 is 0 Å². The van der Waals surface area contributed by atoms with E-state index in [0.29, 0.717) is 45.4 Å². The van der Waals surface area contributed by atoms with Crippen LogP contribution in [-0.2, 0) is 25.7 Å². The lowest BCUT2D eigenvalue weighted by Crippen LogP contribution is -2.38. The minimum atomic E-state index is -0.735. The smallest absolute Gasteiger partial charge is 0.306 e. The van der Waals surface area contributed by atoms with E-state index in [9.17, 15) is 19.5 Å². The molecule has 2 N–H and O–H groups in total. The molecule has 190 valence electrons. The Hall–Kier alpha value is -2.25. The van der Waals surface area contributed by atoms with E-state index in [4.69, 9.17) is 4.74 Å². The normalized spacial score (nSPS) is 19.0. The molecule has 1 aliphatic heterocycles. The van der Waals surface area contributed by atoms with Gasteiger partial charge in [0.15, 0.2) is 0 Å². The van der Waals surface area contributed by atoms with Crippen LogP contribution in [0.25, 0.3) is 0 Å². The highest BCUT2D eigenvalue weighted by atomic mass is 16.5. The number of rotatable bonds is 15. The maximum absolute atomic E-state index is 12.3. The van der Waals surface area contributed by atoms with Crippen molar-refractivity contribution in [2.75, 3.05) is 19.7 Å². The molecule has 1 aliphatic rings. The Balaban J connectivity index is 1.70. The molecule has 1 fully saturated rings. The van der Waals surface area contributed by atoms with E-state index in [1.807, 2.05) is 51.1 Å². The highest BCUT2D eigenvalue weighted by molar-refractivity contribution is 5.86. The first kappa shape index (κ1) is 28.0. The third kappa shape index (κ3) is 9.94. The monoisotopic (exact) mass is 474 g/mol. The number of imide groups is 1. The molecule has 0 aliphatic carbocycles. The van der Waals surface area contributed by atoms with Crippen LogP contribution in [-0.4, -0.2) is 54.0 Å². The quantitative estimate of drug-likeness (QED) is 0.291. The summed E-state index contributed by atoms with van der Waals surface area (Å²) < 4.78 is 5.89. The molecular formula is C27H42N2O5. The number of hydrogen-bond acceptors (Lipinski definition) is 5. The van der Waals surface area contributed by atoms with Crippen molar-refractivity contribution in [2.45, 2.75) is 78.4 Å². The van der Waals surface area contributed by atoms with Crippen molar-refractivity contribution in [3.8, 4) is 0 Å². The van der Waals surface area contributed by atoms with Crippen LogP contribution in [0.3, 0.4) is 0 Å². The molecule has 3 unspecified atom stereocenters.